The van der Waals surface area contributed by atoms with Gasteiger partial charge in [-0.2, -0.15) is 0 Å². The van der Waals surface area contributed by atoms with Crippen molar-refractivity contribution in [1.29, 1.82) is 0 Å². The molecule has 0 aliphatic carbocycles. The van der Waals surface area contributed by atoms with Crippen LogP contribution in [0.25, 0.3) is 0 Å². The molecule has 1 amide bonds. The van der Waals surface area contributed by atoms with Crippen LogP contribution in [0.2, 0.25) is 0 Å². The number of nitrogens with one attached hydrogen (secondary N) is 2. The maximum atomic E-state index is 11.6. The molecule has 0 atom stereocenters. The van der Waals surface area contributed by atoms with E-state index in [1.165, 1.54) is 11.8 Å². The Labute approximate surface area is 136 Å². The molecule has 5 nitrogen and oxygen atoms in total. The summed E-state index contributed by atoms with van der Waals surface area (Å²) in [6.45, 7) is 2.85. The number of benzene rings is 1. The van der Waals surface area contributed by atoms with Crippen LogP contribution in [0, 0.1) is 0 Å². The minimum atomic E-state index is 0. The Morgan fingerprint density at radius 3 is 2.76 bits per heavy atom. The molecule has 0 aliphatic rings. The molecular weight excluding hydrogens is 312 g/mol. The smallest absolute Gasteiger partial charge is 0.230 e. The van der Waals surface area contributed by atoms with Crippen LogP contribution in [-0.4, -0.2) is 52.1 Å². The topological polar surface area (TPSA) is 59.6 Å². The van der Waals surface area contributed by atoms with Crippen LogP contribution in [-0.2, 0) is 9.53 Å². The van der Waals surface area contributed by atoms with E-state index in [0.29, 0.717) is 18.9 Å². The van der Waals surface area contributed by atoms with E-state index >= 15 is 0 Å². The molecule has 7 heteroatoms. The zero-order chi connectivity index (χ0) is 14.6. The van der Waals surface area contributed by atoms with Crippen molar-refractivity contribution in [3.63, 3.8) is 0 Å². The molecule has 0 heterocycles. The summed E-state index contributed by atoms with van der Waals surface area (Å²) in [5, 5.41) is 6.03. The number of carbonyl (C=O) groups is 1. The van der Waals surface area contributed by atoms with Gasteiger partial charge in [0.15, 0.2) is 0 Å². The van der Waals surface area contributed by atoms with Crippen LogP contribution in [0.4, 0.5) is 0 Å². The molecule has 0 unspecified atom stereocenters. The van der Waals surface area contributed by atoms with Crippen LogP contribution in [0.5, 0.6) is 5.75 Å². The second kappa shape index (κ2) is 12.8. The Kier molecular flexibility index (Phi) is 12.2. The molecule has 0 saturated heterocycles. The molecule has 1 aromatic carbocycles. The summed E-state index contributed by atoms with van der Waals surface area (Å²) in [4.78, 5) is 12.7. The van der Waals surface area contributed by atoms with E-state index in [1.807, 2.05) is 24.3 Å². The van der Waals surface area contributed by atoms with Gasteiger partial charge in [0.25, 0.3) is 0 Å². The largest absolute Gasteiger partial charge is 0.497 e. The van der Waals surface area contributed by atoms with Crippen LogP contribution < -0.4 is 15.4 Å². The van der Waals surface area contributed by atoms with Gasteiger partial charge in [-0.25, -0.2) is 0 Å². The molecule has 0 saturated carbocycles. The average Bonchev–Trinajstić information content (AvgIpc) is 2.49. The molecular formula is C14H23ClN2O3S. The molecule has 1 aromatic rings. The van der Waals surface area contributed by atoms with Gasteiger partial charge in [0, 0.05) is 31.6 Å². The minimum Gasteiger partial charge on any atom is -0.497 e. The third-order valence-electron chi connectivity index (χ3n) is 2.52. The monoisotopic (exact) mass is 334 g/mol. The predicted octanol–water partition coefficient (Wildman–Crippen LogP) is 1.56. The summed E-state index contributed by atoms with van der Waals surface area (Å²) >= 11 is 1.50. The van der Waals surface area contributed by atoms with Gasteiger partial charge in [-0.15, -0.1) is 24.2 Å². The summed E-state index contributed by atoms with van der Waals surface area (Å²) in [5.41, 5.74) is 0. The first-order valence-electron chi connectivity index (χ1n) is 6.49. The Morgan fingerprint density at radius 1 is 1.24 bits per heavy atom. The molecule has 120 valence electrons. The van der Waals surface area contributed by atoms with Crippen molar-refractivity contribution in [1.82, 2.24) is 10.6 Å². The number of hydrogen-bond donors (Lipinski definition) is 2. The lowest BCUT2D eigenvalue weighted by molar-refractivity contribution is -0.118. The standard InChI is InChI=1S/C14H22N2O3S.ClH/c1-18-9-8-15-6-7-16-14(17)11-20-13-5-3-4-12(10-13)19-2;/h3-5,10,15H,6-9,11H2,1-2H3,(H,16,17);1H. The van der Waals surface area contributed by atoms with E-state index in [0.717, 1.165) is 23.7 Å². The second-order valence-electron chi connectivity index (χ2n) is 4.06. The lowest BCUT2D eigenvalue weighted by Gasteiger charge is -2.07. The summed E-state index contributed by atoms with van der Waals surface area (Å²) in [5.74, 6) is 1.25. The Morgan fingerprint density at radius 2 is 2.05 bits per heavy atom. The third kappa shape index (κ3) is 9.57. The van der Waals surface area contributed by atoms with Crippen LogP contribution in [0.15, 0.2) is 29.2 Å². The van der Waals surface area contributed by atoms with Gasteiger partial charge in [-0.1, -0.05) is 6.07 Å². The van der Waals surface area contributed by atoms with Gasteiger partial charge in [0.2, 0.25) is 5.91 Å². The molecule has 0 aromatic heterocycles. The molecule has 2 N–H and O–H groups in total. The highest BCUT2D eigenvalue weighted by Crippen LogP contribution is 2.22. The van der Waals surface area contributed by atoms with Crippen LogP contribution in [0.1, 0.15) is 0 Å². The first-order chi connectivity index (χ1) is 9.76. The van der Waals surface area contributed by atoms with Gasteiger partial charge >= 0.3 is 0 Å². The highest BCUT2D eigenvalue weighted by atomic mass is 35.5. The number of carbonyl (C=O) groups excluding carboxylic acids is 1. The van der Waals surface area contributed by atoms with E-state index in [9.17, 15) is 4.79 Å². The lowest BCUT2D eigenvalue weighted by atomic mass is 10.3. The second-order valence-corrected chi connectivity index (χ2v) is 5.11. The number of rotatable bonds is 10. The number of amides is 1. The quantitative estimate of drug-likeness (QED) is 0.502. The molecule has 1 rings (SSSR count). The number of halogens is 1. The summed E-state index contributed by atoms with van der Waals surface area (Å²) in [6.07, 6.45) is 0. The van der Waals surface area contributed by atoms with Crippen molar-refractivity contribution < 1.29 is 14.3 Å². The summed E-state index contributed by atoms with van der Waals surface area (Å²) < 4.78 is 10.1. The SMILES string of the molecule is COCCNCCNC(=O)CSc1cccc(OC)c1.Cl. The third-order valence-corrected chi connectivity index (χ3v) is 3.51. The van der Waals surface area contributed by atoms with Gasteiger partial charge in [0.05, 0.1) is 19.5 Å². The Bertz CT molecular complexity index is 408. The van der Waals surface area contributed by atoms with Crippen molar-refractivity contribution in [2.45, 2.75) is 4.90 Å². The first kappa shape index (κ1) is 20.1. The first-order valence-corrected chi connectivity index (χ1v) is 7.48. The van der Waals surface area contributed by atoms with Crippen molar-refractivity contribution in [3.05, 3.63) is 24.3 Å². The number of methoxy groups -OCH3 is 2. The van der Waals surface area contributed by atoms with Crippen molar-refractivity contribution in [3.8, 4) is 5.75 Å². The van der Waals surface area contributed by atoms with Gasteiger partial charge in [-0.3, -0.25) is 4.79 Å². The molecule has 0 fully saturated rings. The molecule has 0 bridgehead atoms. The molecule has 21 heavy (non-hydrogen) atoms. The fraction of sp³-hybridized carbons (Fsp3) is 0.500. The van der Waals surface area contributed by atoms with E-state index in [2.05, 4.69) is 10.6 Å². The summed E-state index contributed by atoms with van der Waals surface area (Å²) in [7, 11) is 3.30. The van der Waals surface area contributed by atoms with E-state index in [4.69, 9.17) is 9.47 Å². The Hall–Kier alpha value is -0.950. The van der Waals surface area contributed by atoms with Crippen molar-refractivity contribution >= 4 is 30.1 Å². The highest BCUT2D eigenvalue weighted by molar-refractivity contribution is 8.00. The van der Waals surface area contributed by atoms with Crippen molar-refractivity contribution in [2.75, 3.05) is 46.2 Å². The fourth-order valence-corrected chi connectivity index (χ4v) is 2.25. The molecule has 0 radical (unpaired) electrons. The van der Waals surface area contributed by atoms with Crippen LogP contribution in [0.3, 0.4) is 0 Å². The summed E-state index contributed by atoms with van der Waals surface area (Å²) in [6, 6.07) is 7.69. The Balaban J connectivity index is 0.00000400. The zero-order valence-corrected chi connectivity index (χ0v) is 14.0. The maximum Gasteiger partial charge on any atom is 0.230 e. The van der Waals surface area contributed by atoms with Gasteiger partial charge in [-0.05, 0) is 18.2 Å². The zero-order valence-electron chi connectivity index (χ0n) is 12.4. The average molecular weight is 335 g/mol. The van der Waals surface area contributed by atoms with Crippen LogP contribution >= 0.6 is 24.2 Å². The fourth-order valence-electron chi connectivity index (χ4n) is 1.48. The van der Waals surface area contributed by atoms with E-state index < -0.39 is 0 Å². The molecule has 0 spiro atoms. The van der Waals surface area contributed by atoms with E-state index in [-0.39, 0.29) is 18.3 Å². The molecule has 0 aliphatic heterocycles. The maximum absolute atomic E-state index is 11.6. The normalized spacial score (nSPS) is 9.81. The minimum absolute atomic E-state index is 0. The lowest BCUT2D eigenvalue weighted by Crippen LogP contribution is -2.33. The number of thioether (sulfide) groups is 1. The number of ether oxygens (including phenoxy) is 2. The van der Waals surface area contributed by atoms with E-state index in [1.54, 1.807) is 14.2 Å². The van der Waals surface area contributed by atoms with Gasteiger partial charge < -0.3 is 20.1 Å². The predicted molar refractivity (Wildman–Crippen MR) is 88.7 cm³/mol. The van der Waals surface area contributed by atoms with Gasteiger partial charge in [0.1, 0.15) is 5.75 Å². The number of hydrogen-bond acceptors (Lipinski definition) is 5. The highest BCUT2D eigenvalue weighted by Gasteiger charge is 2.03. The van der Waals surface area contributed by atoms with Crippen molar-refractivity contribution in [2.24, 2.45) is 0 Å².